The van der Waals surface area contributed by atoms with Gasteiger partial charge in [-0.15, -0.1) is 0 Å². The molecule has 1 N–H and O–H groups in total. The summed E-state index contributed by atoms with van der Waals surface area (Å²) in [6.45, 7) is 5.91. The number of ether oxygens (including phenoxy) is 1. The van der Waals surface area contributed by atoms with Gasteiger partial charge in [0.25, 0.3) is 0 Å². The number of rotatable bonds is 4. The Balaban J connectivity index is 2.19. The van der Waals surface area contributed by atoms with Crippen molar-refractivity contribution in [3.05, 3.63) is 30.1 Å². The molecule has 0 atom stereocenters. The zero-order valence-corrected chi connectivity index (χ0v) is 9.91. The van der Waals surface area contributed by atoms with Crippen LogP contribution in [0.25, 0.3) is 0 Å². The topological polar surface area (TPSA) is 34.2 Å². The van der Waals surface area contributed by atoms with E-state index in [-0.39, 0.29) is 5.41 Å². The van der Waals surface area contributed by atoms with Crippen LogP contribution in [-0.4, -0.2) is 31.3 Å². The van der Waals surface area contributed by atoms with Crippen molar-refractivity contribution in [1.29, 1.82) is 0 Å². The first-order valence-corrected chi connectivity index (χ1v) is 6.06. The molecule has 0 spiro atoms. The fraction of sp³-hybridized carbons (Fsp3) is 0.615. The molecule has 0 bridgehead atoms. The van der Waals surface area contributed by atoms with E-state index in [0.29, 0.717) is 0 Å². The van der Waals surface area contributed by atoms with Crippen LogP contribution < -0.4 is 5.32 Å². The molecule has 0 aliphatic carbocycles. The lowest BCUT2D eigenvalue weighted by molar-refractivity contribution is 0.0500. The molecule has 0 unspecified atom stereocenters. The highest BCUT2D eigenvalue weighted by Gasteiger charge is 2.33. The molecule has 0 aromatic carbocycles. The third-order valence-corrected chi connectivity index (χ3v) is 3.44. The van der Waals surface area contributed by atoms with Gasteiger partial charge in [-0.25, -0.2) is 0 Å². The molecule has 2 rings (SSSR count). The van der Waals surface area contributed by atoms with E-state index in [1.165, 1.54) is 5.56 Å². The molecule has 1 aliphatic heterocycles. The molecule has 3 nitrogen and oxygen atoms in total. The van der Waals surface area contributed by atoms with Crippen LogP contribution in [0.5, 0.6) is 0 Å². The summed E-state index contributed by atoms with van der Waals surface area (Å²) in [6.07, 6.45) is 6.02. The van der Waals surface area contributed by atoms with Crippen LogP contribution >= 0.6 is 0 Å². The van der Waals surface area contributed by atoms with E-state index in [4.69, 9.17) is 4.74 Å². The fourth-order valence-electron chi connectivity index (χ4n) is 2.37. The van der Waals surface area contributed by atoms with E-state index in [1.807, 2.05) is 18.5 Å². The molecule has 0 amide bonds. The molecule has 16 heavy (non-hydrogen) atoms. The van der Waals surface area contributed by atoms with Crippen molar-refractivity contribution in [1.82, 2.24) is 10.3 Å². The molecular weight excluding hydrogens is 200 g/mol. The summed E-state index contributed by atoms with van der Waals surface area (Å²) in [4.78, 5) is 4.24. The number of nitrogens with zero attached hydrogens (tertiary/aromatic N) is 1. The fourth-order valence-corrected chi connectivity index (χ4v) is 2.37. The lowest BCUT2D eigenvalue weighted by Crippen LogP contribution is -2.42. The summed E-state index contributed by atoms with van der Waals surface area (Å²) in [5.74, 6) is 0. The van der Waals surface area contributed by atoms with Gasteiger partial charge in [-0.3, -0.25) is 4.98 Å². The van der Waals surface area contributed by atoms with Crippen molar-refractivity contribution in [2.24, 2.45) is 0 Å². The summed E-state index contributed by atoms with van der Waals surface area (Å²) in [7, 11) is 0. The molecule has 88 valence electrons. The van der Waals surface area contributed by atoms with Gasteiger partial charge in [0.15, 0.2) is 0 Å². The Morgan fingerprint density at radius 2 is 2.25 bits per heavy atom. The van der Waals surface area contributed by atoms with Gasteiger partial charge in [-0.05, 0) is 31.0 Å². The quantitative estimate of drug-likeness (QED) is 0.839. The van der Waals surface area contributed by atoms with Gasteiger partial charge in [0.2, 0.25) is 0 Å². The Labute approximate surface area is 97.2 Å². The first-order chi connectivity index (χ1) is 7.87. The van der Waals surface area contributed by atoms with Crippen molar-refractivity contribution in [3.63, 3.8) is 0 Å². The number of pyridine rings is 1. The Morgan fingerprint density at radius 1 is 1.44 bits per heavy atom. The van der Waals surface area contributed by atoms with Crippen LogP contribution in [0, 0.1) is 0 Å². The lowest BCUT2D eigenvalue weighted by atomic mass is 9.74. The predicted molar refractivity (Wildman–Crippen MR) is 64.5 cm³/mol. The highest BCUT2D eigenvalue weighted by Crippen LogP contribution is 2.33. The number of nitrogens with one attached hydrogen (secondary N) is 1. The van der Waals surface area contributed by atoms with E-state index in [1.54, 1.807) is 0 Å². The van der Waals surface area contributed by atoms with Crippen molar-refractivity contribution < 1.29 is 4.74 Å². The molecule has 1 aromatic rings. The average molecular weight is 220 g/mol. The molecule has 1 saturated heterocycles. The van der Waals surface area contributed by atoms with Crippen LogP contribution in [0.15, 0.2) is 24.5 Å². The summed E-state index contributed by atoms with van der Waals surface area (Å²) in [5.41, 5.74) is 1.57. The van der Waals surface area contributed by atoms with Crippen LogP contribution in [-0.2, 0) is 10.2 Å². The summed E-state index contributed by atoms with van der Waals surface area (Å²) in [5, 5.41) is 3.47. The van der Waals surface area contributed by atoms with E-state index in [0.717, 1.165) is 39.1 Å². The maximum absolute atomic E-state index is 5.48. The van der Waals surface area contributed by atoms with Crippen LogP contribution in [0.4, 0.5) is 0 Å². The largest absolute Gasteiger partial charge is 0.381 e. The van der Waals surface area contributed by atoms with Gasteiger partial charge < -0.3 is 10.1 Å². The first kappa shape index (κ1) is 11.6. The minimum absolute atomic E-state index is 0.225. The van der Waals surface area contributed by atoms with Crippen molar-refractivity contribution in [2.45, 2.75) is 25.2 Å². The van der Waals surface area contributed by atoms with Crippen molar-refractivity contribution >= 4 is 0 Å². The standard InChI is InChI=1S/C13H20N2O/c1-2-14-11-13(5-8-16-9-6-13)12-4-3-7-15-10-12/h3-4,7,10,14H,2,5-6,8-9,11H2,1H3. The Kier molecular flexibility index (Phi) is 3.91. The van der Waals surface area contributed by atoms with E-state index >= 15 is 0 Å². The number of aromatic nitrogens is 1. The molecular formula is C13H20N2O. The minimum Gasteiger partial charge on any atom is -0.381 e. The van der Waals surface area contributed by atoms with Gasteiger partial charge in [-0.2, -0.15) is 0 Å². The van der Waals surface area contributed by atoms with Crippen LogP contribution in [0.3, 0.4) is 0 Å². The summed E-state index contributed by atoms with van der Waals surface area (Å²) >= 11 is 0. The lowest BCUT2D eigenvalue weighted by Gasteiger charge is -2.37. The van der Waals surface area contributed by atoms with E-state index in [9.17, 15) is 0 Å². The van der Waals surface area contributed by atoms with Gasteiger partial charge in [0.05, 0.1) is 0 Å². The van der Waals surface area contributed by atoms with E-state index in [2.05, 4.69) is 23.3 Å². The van der Waals surface area contributed by atoms with Crippen molar-refractivity contribution in [3.8, 4) is 0 Å². The molecule has 1 aromatic heterocycles. The third kappa shape index (κ3) is 2.42. The van der Waals surface area contributed by atoms with Gasteiger partial charge in [-0.1, -0.05) is 13.0 Å². The third-order valence-electron chi connectivity index (χ3n) is 3.44. The maximum atomic E-state index is 5.48. The first-order valence-electron chi connectivity index (χ1n) is 6.06. The second-order valence-corrected chi connectivity index (χ2v) is 4.41. The number of likely N-dealkylation sites (N-methyl/N-ethyl adjacent to an activating group) is 1. The van der Waals surface area contributed by atoms with Gasteiger partial charge >= 0.3 is 0 Å². The second kappa shape index (κ2) is 5.41. The molecule has 1 aliphatic rings. The van der Waals surface area contributed by atoms with Crippen LogP contribution in [0.2, 0.25) is 0 Å². The predicted octanol–water partition coefficient (Wildman–Crippen LogP) is 1.74. The molecule has 1 fully saturated rings. The second-order valence-electron chi connectivity index (χ2n) is 4.41. The highest BCUT2D eigenvalue weighted by atomic mass is 16.5. The SMILES string of the molecule is CCNCC1(c2cccnc2)CCOCC1. The van der Waals surface area contributed by atoms with E-state index < -0.39 is 0 Å². The van der Waals surface area contributed by atoms with Gasteiger partial charge in [0.1, 0.15) is 0 Å². The molecule has 2 heterocycles. The van der Waals surface area contributed by atoms with Gasteiger partial charge in [0, 0.05) is 37.6 Å². The minimum atomic E-state index is 0.225. The maximum Gasteiger partial charge on any atom is 0.0475 e. The molecule has 0 saturated carbocycles. The normalized spacial score (nSPS) is 19.6. The summed E-state index contributed by atoms with van der Waals surface area (Å²) in [6, 6.07) is 4.22. The molecule has 3 heteroatoms. The Hall–Kier alpha value is -0.930. The highest BCUT2D eigenvalue weighted by molar-refractivity contribution is 5.23. The number of hydrogen-bond donors (Lipinski definition) is 1. The zero-order valence-electron chi connectivity index (χ0n) is 9.91. The van der Waals surface area contributed by atoms with Crippen LogP contribution in [0.1, 0.15) is 25.3 Å². The smallest absolute Gasteiger partial charge is 0.0475 e. The summed E-state index contributed by atoms with van der Waals surface area (Å²) < 4.78 is 5.48. The Morgan fingerprint density at radius 3 is 2.88 bits per heavy atom. The Bertz CT molecular complexity index is 307. The zero-order chi connectivity index (χ0) is 11.3. The monoisotopic (exact) mass is 220 g/mol. The molecule has 0 radical (unpaired) electrons. The van der Waals surface area contributed by atoms with Crippen molar-refractivity contribution in [2.75, 3.05) is 26.3 Å². The number of hydrogen-bond acceptors (Lipinski definition) is 3. The average Bonchev–Trinajstić information content (AvgIpc) is 2.38.